The fourth-order valence-corrected chi connectivity index (χ4v) is 1.34. The third kappa shape index (κ3) is 3.00. The Morgan fingerprint density at radius 1 is 1.64 bits per heavy atom. The Hall–Kier alpha value is -0.540. The first kappa shape index (κ1) is 11.5. The van der Waals surface area contributed by atoms with Crippen molar-refractivity contribution in [2.24, 2.45) is 0 Å². The van der Waals surface area contributed by atoms with Gasteiger partial charge in [-0.05, 0) is 24.6 Å². The normalized spacial score (nSPS) is 10.0. The summed E-state index contributed by atoms with van der Waals surface area (Å²) in [4.78, 5) is 0. The molecule has 0 atom stereocenters. The maximum absolute atomic E-state index is 13.0. The highest BCUT2D eigenvalue weighted by Gasteiger charge is 2.04. The quantitative estimate of drug-likeness (QED) is 0.877. The summed E-state index contributed by atoms with van der Waals surface area (Å²) in [7, 11) is 0. The number of aryl methyl sites for hydroxylation is 1. The Balaban J connectivity index is 2.87. The molecule has 1 aromatic rings. The van der Waals surface area contributed by atoms with Crippen LogP contribution in [0.3, 0.4) is 0 Å². The van der Waals surface area contributed by atoms with Crippen LogP contribution in [0.15, 0.2) is 23.2 Å². The average Bonchev–Trinajstić information content (AvgIpc) is 2.09. The van der Waals surface area contributed by atoms with Crippen LogP contribution in [0, 0.1) is 12.7 Å². The van der Waals surface area contributed by atoms with Gasteiger partial charge in [0.25, 0.3) is 0 Å². The van der Waals surface area contributed by atoms with Crippen LogP contribution in [-0.4, -0.2) is 6.54 Å². The highest BCUT2D eigenvalue weighted by Crippen LogP contribution is 2.25. The topological polar surface area (TPSA) is 12.0 Å². The van der Waals surface area contributed by atoms with E-state index in [0.717, 1.165) is 4.48 Å². The molecule has 0 bridgehead atoms. The number of anilines is 1. The molecule has 1 aromatic carbocycles. The van der Waals surface area contributed by atoms with E-state index in [9.17, 15) is 4.39 Å². The molecule has 0 aliphatic rings. The van der Waals surface area contributed by atoms with Gasteiger partial charge in [0.15, 0.2) is 0 Å². The van der Waals surface area contributed by atoms with Crippen molar-refractivity contribution in [1.82, 2.24) is 0 Å². The van der Waals surface area contributed by atoms with Crippen molar-refractivity contribution in [3.05, 3.63) is 39.6 Å². The van der Waals surface area contributed by atoms with E-state index in [1.165, 1.54) is 6.07 Å². The summed E-state index contributed by atoms with van der Waals surface area (Å²) >= 11 is 9.05. The SMILES string of the molecule is C=C(Br)CNc1cc(C)c(F)cc1Cl. The van der Waals surface area contributed by atoms with Gasteiger partial charge in [-0.3, -0.25) is 0 Å². The van der Waals surface area contributed by atoms with E-state index < -0.39 is 0 Å². The van der Waals surface area contributed by atoms with Gasteiger partial charge in [0.2, 0.25) is 0 Å². The van der Waals surface area contributed by atoms with Crippen LogP contribution >= 0.6 is 27.5 Å². The zero-order valence-electron chi connectivity index (χ0n) is 7.70. The van der Waals surface area contributed by atoms with E-state index in [1.807, 2.05) is 0 Å². The first-order chi connectivity index (χ1) is 6.50. The minimum absolute atomic E-state index is 0.293. The Labute approximate surface area is 96.1 Å². The third-order valence-corrected chi connectivity index (χ3v) is 2.31. The van der Waals surface area contributed by atoms with Crippen LogP contribution in [0.25, 0.3) is 0 Å². The summed E-state index contributed by atoms with van der Waals surface area (Å²) in [5.41, 5.74) is 1.28. The second-order valence-electron chi connectivity index (χ2n) is 2.95. The predicted octanol–water partition coefficient (Wildman–Crippen LogP) is 4.11. The maximum atomic E-state index is 13.0. The Kier molecular flexibility index (Phi) is 3.96. The molecule has 0 unspecified atom stereocenters. The summed E-state index contributed by atoms with van der Waals surface area (Å²) in [5.74, 6) is -0.293. The first-order valence-corrected chi connectivity index (χ1v) is 5.20. The summed E-state index contributed by atoms with van der Waals surface area (Å²) in [6.07, 6.45) is 0. The van der Waals surface area contributed by atoms with Gasteiger partial charge in [0.1, 0.15) is 5.82 Å². The van der Waals surface area contributed by atoms with Crippen LogP contribution < -0.4 is 5.32 Å². The van der Waals surface area contributed by atoms with Crippen molar-refractivity contribution in [2.75, 3.05) is 11.9 Å². The van der Waals surface area contributed by atoms with Gasteiger partial charge in [-0.25, -0.2) is 4.39 Å². The molecule has 1 rings (SSSR count). The van der Waals surface area contributed by atoms with Crippen molar-refractivity contribution in [1.29, 1.82) is 0 Å². The van der Waals surface area contributed by atoms with E-state index >= 15 is 0 Å². The summed E-state index contributed by atoms with van der Waals surface area (Å²) < 4.78 is 13.8. The van der Waals surface area contributed by atoms with Crippen LogP contribution in [0.1, 0.15) is 5.56 Å². The largest absolute Gasteiger partial charge is 0.379 e. The summed E-state index contributed by atoms with van der Waals surface area (Å²) in [5, 5.41) is 3.41. The molecule has 0 aromatic heterocycles. The minimum Gasteiger partial charge on any atom is -0.379 e. The Morgan fingerprint density at radius 2 is 2.29 bits per heavy atom. The smallest absolute Gasteiger partial charge is 0.127 e. The van der Waals surface area contributed by atoms with Crippen LogP contribution in [0.5, 0.6) is 0 Å². The van der Waals surface area contributed by atoms with E-state index in [-0.39, 0.29) is 5.82 Å². The second kappa shape index (κ2) is 4.80. The zero-order valence-corrected chi connectivity index (χ0v) is 10.0. The third-order valence-electron chi connectivity index (χ3n) is 1.72. The average molecular weight is 279 g/mol. The van der Waals surface area contributed by atoms with Gasteiger partial charge in [0.05, 0.1) is 10.7 Å². The van der Waals surface area contributed by atoms with Crippen LogP contribution in [0.2, 0.25) is 5.02 Å². The molecule has 0 aliphatic heterocycles. The summed E-state index contributed by atoms with van der Waals surface area (Å²) in [6.45, 7) is 5.93. The fourth-order valence-electron chi connectivity index (χ4n) is 0.984. The van der Waals surface area contributed by atoms with Gasteiger partial charge < -0.3 is 5.32 Å². The maximum Gasteiger partial charge on any atom is 0.127 e. The lowest BCUT2D eigenvalue weighted by atomic mass is 10.2. The predicted molar refractivity (Wildman–Crippen MR) is 62.7 cm³/mol. The van der Waals surface area contributed by atoms with Crippen molar-refractivity contribution in [3.63, 3.8) is 0 Å². The van der Waals surface area contributed by atoms with Gasteiger partial charge in [-0.2, -0.15) is 0 Å². The number of rotatable bonds is 3. The van der Waals surface area contributed by atoms with Gasteiger partial charge in [-0.1, -0.05) is 34.1 Å². The van der Waals surface area contributed by atoms with Crippen molar-refractivity contribution in [3.8, 4) is 0 Å². The lowest BCUT2D eigenvalue weighted by molar-refractivity contribution is 0.619. The van der Waals surface area contributed by atoms with E-state index in [4.69, 9.17) is 11.6 Å². The molecule has 0 fully saturated rings. The standard InChI is InChI=1S/C10H10BrClFN/c1-6-3-10(14-5-7(2)11)8(12)4-9(6)13/h3-4,14H,2,5H2,1H3. The number of halogens is 3. The van der Waals surface area contributed by atoms with Crippen molar-refractivity contribution in [2.45, 2.75) is 6.92 Å². The molecule has 76 valence electrons. The van der Waals surface area contributed by atoms with Crippen molar-refractivity contribution < 1.29 is 4.39 Å². The fraction of sp³-hybridized carbons (Fsp3) is 0.200. The lowest BCUT2D eigenvalue weighted by Crippen LogP contribution is -2.02. The number of hydrogen-bond donors (Lipinski definition) is 1. The molecule has 0 saturated heterocycles. The molecular formula is C10H10BrClFN. The Bertz CT molecular complexity index is 365. The molecular weight excluding hydrogens is 268 g/mol. The molecule has 14 heavy (non-hydrogen) atoms. The molecule has 1 N–H and O–H groups in total. The molecule has 0 amide bonds. The molecule has 4 heteroatoms. The molecule has 1 nitrogen and oxygen atoms in total. The zero-order chi connectivity index (χ0) is 10.7. The molecule has 0 heterocycles. The molecule has 0 spiro atoms. The van der Waals surface area contributed by atoms with E-state index in [1.54, 1.807) is 13.0 Å². The molecule has 0 radical (unpaired) electrons. The monoisotopic (exact) mass is 277 g/mol. The van der Waals surface area contributed by atoms with E-state index in [2.05, 4.69) is 27.8 Å². The highest BCUT2D eigenvalue weighted by molar-refractivity contribution is 9.11. The van der Waals surface area contributed by atoms with Gasteiger partial charge >= 0.3 is 0 Å². The highest BCUT2D eigenvalue weighted by atomic mass is 79.9. The number of nitrogens with one attached hydrogen (secondary N) is 1. The van der Waals surface area contributed by atoms with E-state index in [0.29, 0.717) is 22.8 Å². The first-order valence-electron chi connectivity index (χ1n) is 4.03. The van der Waals surface area contributed by atoms with Crippen LogP contribution in [0.4, 0.5) is 10.1 Å². The van der Waals surface area contributed by atoms with Crippen molar-refractivity contribution >= 4 is 33.2 Å². The van der Waals surface area contributed by atoms with Crippen LogP contribution in [-0.2, 0) is 0 Å². The van der Waals surface area contributed by atoms with Gasteiger partial charge in [0, 0.05) is 11.0 Å². The summed E-state index contributed by atoms with van der Waals surface area (Å²) in [6, 6.07) is 2.98. The van der Waals surface area contributed by atoms with Gasteiger partial charge in [-0.15, -0.1) is 0 Å². The number of hydrogen-bond acceptors (Lipinski definition) is 1. The molecule has 0 saturated carbocycles. The second-order valence-corrected chi connectivity index (χ2v) is 4.48. The number of benzene rings is 1. The Morgan fingerprint density at radius 3 is 2.86 bits per heavy atom. The minimum atomic E-state index is -0.293. The lowest BCUT2D eigenvalue weighted by Gasteiger charge is -2.08. The molecule has 0 aliphatic carbocycles.